The molecule has 0 saturated carbocycles. The van der Waals surface area contributed by atoms with Gasteiger partial charge in [-0.15, -0.1) is 0 Å². The molecule has 2 aromatic carbocycles. The van der Waals surface area contributed by atoms with E-state index in [4.69, 9.17) is 14.2 Å². The summed E-state index contributed by atoms with van der Waals surface area (Å²) in [7, 11) is -3.62. The lowest BCUT2D eigenvalue weighted by Crippen LogP contribution is -2.45. The van der Waals surface area contributed by atoms with Crippen LogP contribution in [0.15, 0.2) is 42.5 Å². The number of Topliss-reactive ketones (excluding diaryl/α,β-unsaturated/α-hetero) is 1. The average Bonchev–Trinajstić information content (AvgIpc) is 3.30. The maximum Gasteiger partial charge on any atom is 0.272 e. The maximum atomic E-state index is 12.8. The van der Waals surface area contributed by atoms with Gasteiger partial charge in [-0.05, 0) is 18.2 Å². The highest BCUT2D eigenvalue weighted by molar-refractivity contribution is 7.92. The Balaban J connectivity index is 1.78. The molecule has 2 N–H and O–H groups in total. The first kappa shape index (κ1) is 17.3. The van der Waals surface area contributed by atoms with E-state index in [0.29, 0.717) is 12.2 Å². The summed E-state index contributed by atoms with van der Waals surface area (Å²) in [6.07, 6.45) is 0.385. The molecule has 9 nitrogen and oxygen atoms in total. The van der Waals surface area contributed by atoms with Gasteiger partial charge in [0.05, 0.1) is 17.5 Å². The molecule has 1 fully saturated rings. The summed E-state index contributed by atoms with van der Waals surface area (Å²) >= 11 is 0. The summed E-state index contributed by atoms with van der Waals surface area (Å²) in [5, 5.41) is 2.32. The monoisotopic (exact) mass is 390 g/mol. The molecule has 2 aliphatic rings. The summed E-state index contributed by atoms with van der Waals surface area (Å²) in [6, 6.07) is 11.3. The molecule has 10 heteroatoms. The quantitative estimate of drug-likeness (QED) is 0.561. The van der Waals surface area contributed by atoms with Crippen LogP contribution in [0.2, 0.25) is 0 Å². The third-order valence-electron chi connectivity index (χ3n) is 4.01. The standard InChI is InChI=1S/C17H14N2O7S/c1-27(22,23)19-12-8-13-11(7-14(12)24-10-5-3-2-4-6-10)15(21)17(18-9-20)16(25-13)26-17/h2-9,16,19H,1H3,(H,18,20). The second-order valence-corrected chi connectivity index (χ2v) is 7.78. The summed E-state index contributed by atoms with van der Waals surface area (Å²) in [4.78, 5) is 23.5. The number of nitrogens with one attached hydrogen (secondary N) is 2. The molecule has 27 heavy (non-hydrogen) atoms. The van der Waals surface area contributed by atoms with E-state index < -0.39 is 27.8 Å². The van der Waals surface area contributed by atoms with Crippen LogP contribution in [0.4, 0.5) is 5.69 Å². The molecule has 0 bridgehead atoms. The van der Waals surface area contributed by atoms with Crippen molar-refractivity contribution in [3.8, 4) is 17.2 Å². The zero-order chi connectivity index (χ0) is 19.2. The Hall–Kier alpha value is -3.11. The number of hydrogen-bond acceptors (Lipinski definition) is 7. The highest BCUT2D eigenvalue weighted by Crippen LogP contribution is 2.48. The second kappa shape index (κ2) is 5.96. The Morgan fingerprint density at radius 3 is 2.63 bits per heavy atom. The number of amides is 1. The zero-order valence-electron chi connectivity index (χ0n) is 14.0. The minimum atomic E-state index is -3.62. The number of sulfonamides is 1. The molecule has 2 aliphatic heterocycles. The first-order chi connectivity index (χ1) is 12.8. The van der Waals surface area contributed by atoms with E-state index in [1.807, 2.05) is 0 Å². The van der Waals surface area contributed by atoms with Crippen LogP contribution in [0, 0.1) is 0 Å². The van der Waals surface area contributed by atoms with Crippen LogP contribution in [-0.4, -0.2) is 38.9 Å². The molecule has 2 heterocycles. The van der Waals surface area contributed by atoms with Crippen molar-refractivity contribution < 1.29 is 32.2 Å². The highest BCUT2D eigenvalue weighted by atomic mass is 32.2. The fourth-order valence-corrected chi connectivity index (χ4v) is 3.35. The number of rotatable bonds is 6. The van der Waals surface area contributed by atoms with Crippen LogP contribution in [0.25, 0.3) is 0 Å². The molecule has 0 aromatic heterocycles. The third kappa shape index (κ3) is 3.09. The van der Waals surface area contributed by atoms with Crippen molar-refractivity contribution in [2.45, 2.75) is 12.0 Å². The normalized spacial score (nSPS) is 22.7. The van der Waals surface area contributed by atoms with Crippen molar-refractivity contribution in [3.05, 3.63) is 48.0 Å². The number of anilines is 1. The van der Waals surface area contributed by atoms with E-state index >= 15 is 0 Å². The maximum absolute atomic E-state index is 12.8. The minimum Gasteiger partial charge on any atom is -0.458 e. The number of carbonyl (C=O) groups is 2. The summed E-state index contributed by atoms with van der Waals surface area (Å²) in [6.45, 7) is 0. The van der Waals surface area contributed by atoms with Crippen molar-refractivity contribution in [2.24, 2.45) is 0 Å². The Kier molecular flexibility index (Phi) is 3.82. The molecule has 2 atom stereocenters. The first-order valence-corrected chi connectivity index (χ1v) is 9.71. The van der Waals surface area contributed by atoms with Gasteiger partial charge in [0.1, 0.15) is 11.5 Å². The van der Waals surface area contributed by atoms with Gasteiger partial charge in [0.25, 0.3) is 12.0 Å². The Morgan fingerprint density at radius 1 is 1.22 bits per heavy atom. The lowest BCUT2D eigenvalue weighted by molar-refractivity contribution is -0.110. The Labute approximate surface area is 154 Å². The summed E-state index contributed by atoms with van der Waals surface area (Å²) in [5.41, 5.74) is -1.35. The van der Waals surface area contributed by atoms with Gasteiger partial charge in [0.15, 0.2) is 5.75 Å². The molecule has 140 valence electrons. The molecular formula is C17H14N2O7S. The van der Waals surface area contributed by atoms with Crippen LogP contribution in [0.3, 0.4) is 0 Å². The van der Waals surface area contributed by atoms with Crippen molar-refractivity contribution in [2.75, 3.05) is 11.0 Å². The number of fused-ring (bicyclic) bond motifs is 2. The van der Waals surface area contributed by atoms with Gasteiger partial charge < -0.3 is 14.8 Å². The molecule has 4 rings (SSSR count). The van der Waals surface area contributed by atoms with E-state index in [-0.39, 0.29) is 22.7 Å². The van der Waals surface area contributed by atoms with Crippen molar-refractivity contribution in [1.82, 2.24) is 5.32 Å². The van der Waals surface area contributed by atoms with Crippen LogP contribution in [-0.2, 0) is 19.6 Å². The molecule has 1 saturated heterocycles. The van der Waals surface area contributed by atoms with Crippen molar-refractivity contribution in [3.63, 3.8) is 0 Å². The first-order valence-electron chi connectivity index (χ1n) is 7.82. The van der Waals surface area contributed by atoms with Crippen molar-refractivity contribution in [1.29, 1.82) is 0 Å². The van der Waals surface area contributed by atoms with E-state index in [2.05, 4.69) is 10.0 Å². The van der Waals surface area contributed by atoms with Gasteiger partial charge in [-0.3, -0.25) is 19.0 Å². The van der Waals surface area contributed by atoms with Gasteiger partial charge in [-0.2, -0.15) is 0 Å². The van der Waals surface area contributed by atoms with E-state index in [1.165, 1.54) is 12.1 Å². The lowest BCUT2D eigenvalue weighted by atomic mass is 9.99. The van der Waals surface area contributed by atoms with Crippen molar-refractivity contribution >= 4 is 27.9 Å². The van der Waals surface area contributed by atoms with E-state index in [9.17, 15) is 18.0 Å². The second-order valence-electron chi connectivity index (χ2n) is 6.03. The topological polar surface area (TPSA) is 123 Å². The van der Waals surface area contributed by atoms with E-state index in [0.717, 1.165) is 6.26 Å². The van der Waals surface area contributed by atoms with Gasteiger partial charge in [-0.25, -0.2) is 8.42 Å². The van der Waals surface area contributed by atoms with Gasteiger partial charge >= 0.3 is 0 Å². The molecule has 0 radical (unpaired) electrons. The van der Waals surface area contributed by atoms with Crippen LogP contribution < -0.4 is 19.5 Å². The van der Waals surface area contributed by atoms with Gasteiger partial charge in [0, 0.05) is 6.07 Å². The van der Waals surface area contributed by atoms with E-state index in [1.54, 1.807) is 30.3 Å². The molecule has 0 spiro atoms. The zero-order valence-corrected chi connectivity index (χ0v) is 14.8. The smallest absolute Gasteiger partial charge is 0.272 e. The molecular weight excluding hydrogens is 376 g/mol. The number of ether oxygens (including phenoxy) is 3. The van der Waals surface area contributed by atoms with Gasteiger partial charge in [-0.1, -0.05) is 18.2 Å². The SMILES string of the molecule is CS(=O)(=O)Nc1cc2c(cc1Oc1ccccc1)C(=O)C1(NC=O)OC1O2. The molecule has 2 aromatic rings. The molecule has 0 aliphatic carbocycles. The number of epoxide rings is 1. The summed E-state index contributed by atoms with van der Waals surface area (Å²) < 4.78 is 42.2. The predicted octanol–water partition coefficient (Wildman–Crippen LogP) is 1.22. The number of benzene rings is 2. The van der Waals surface area contributed by atoms with Crippen LogP contribution >= 0.6 is 0 Å². The average molecular weight is 390 g/mol. The Morgan fingerprint density at radius 2 is 1.96 bits per heavy atom. The number of hydrogen-bond donors (Lipinski definition) is 2. The summed E-state index contributed by atoms with van der Waals surface area (Å²) in [5.74, 6) is 0.157. The third-order valence-corrected chi connectivity index (χ3v) is 4.60. The Bertz CT molecular complexity index is 1040. The number of carbonyl (C=O) groups excluding carboxylic acids is 2. The van der Waals surface area contributed by atoms with Crippen LogP contribution in [0.5, 0.6) is 17.2 Å². The molecule has 1 amide bonds. The van der Waals surface area contributed by atoms with Crippen LogP contribution in [0.1, 0.15) is 10.4 Å². The fourth-order valence-electron chi connectivity index (χ4n) is 2.79. The number of para-hydroxylation sites is 1. The van der Waals surface area contributed by atoms with Gasteiger partial charge in [0.2, 0.25) is 22.2 Å². The fraction of sp³-hybridized carbons (Fsp3) is 0.176. The number of ketones is 1. The molecule has 2 unspecified atom stereocenters. The largest absolute Gasteiger partial charge is 0.458 e. The minimum absolute atomic E-state index is 0.0997. The predicted molar refractivity (Wildman–Crippen MR) is 93.2 cm³/mol. The highest BCUT2D eigenvalue weighted by Gasteiger charge is 2.68. The lowest BCUT2D eigenvalue weighted by Gasteiger charge is -2.21.